The molecule has 5 rings (SSSR count). The van der Waals surface area contributed by atoms with E-state index in [4.69, 9.17) is 0 Å². The zero-order valence-electron chi connectivity index (χ0n) is 17.2. The van der Waals surface area contributed by atoms with Crippen molar-refractivity contribution in [2.75, 3.05) is 26.2 Å². The van der Waals surface area contributed by atoms with E-state index < -0.39 is 0 Å². The van der Waals surface area contributed by atoms with Gasteiger partial charge >= 0.3 is 0 Å². The molecule has 3 aliphatic rings. The Bertz CT molecular complexity index is 912. The molecule has 1 amide bonds. The molecule has 158 valence electrons. The van der Waals surface area contributed by atoms with Gasteiger partial charge in [-0.25, -0.2) is 4.39 Å². The molecule has 0 spiro atoms. The Labute approximate surface area is 177 Å². The van der Waals surface area contributed by atoms with Crippen LogP contribution in [0.2, 0.25) is 0 Å². The van der Waals surface area contributed by atoms with Crippen molar-refractivity contribution in [1.82, 2.24) is 9.80 Å². The number of hydrogen-bond acceptors (Lipinski definition) is 3. The quantitative estimate of drug-likeness (QED) is 0.840. The maximum absolute atomic E-state index is 13.6. The van der Waals surface area contributed by atoms with E-state index in [2.05, 4.69) is 21.9 Å². The Morgan fingerprint density at radius 1 is 1.03 bits per heavy atom. The van der Waals surface area contributed by atoms with Crippen LogP contribution in [0.4, 0.5) is 4.39 Å². The molecule has 2 aliphatic heterocycles. The van der Waals surface area contributed by atoms with Crippen molar-refractivity contribution in [1.29, 1.82) is 0 Å². The predicted molar refractivity (Wildman–Crippen MR) is 114 cm³/mol. The van der Waals surface area contributed by atoms with E-state index >= 15 is 0 Å². The third kappa shape index (κ3) is 3.65. The Morgan fingerprint density at radius 2 is 1.80 bits per heavy atom. The number of halogens is 1. The minimum atomic E-state index is -0.235. The predicted octanol–water partition coefficient (Wildman–Crippen LogP) is 3.65. The fourth-order valence-electron chi connectivity index (χ4n) is 5.29. The summed E-state index contributed by atoms with van der Waals surface area (Å²) >= 11 is 0. The van der Waals surface area contributed by atoms with Crippen molar-refractivity contribution in [2.45, 2.75) is 43.7 Å². The van der Waals surface area contributed by atoms with Crippen molar-refractivity contribution in [3.05, 3.63) is 59.9 Å². The van der Waals surface area contributed by atoms with Crippen LogP contribution in [0.3, 0.4) is 0 Å². The molecule has 0 unspecified atom stereocenters. The standard InChI is InChI=1S/C25H29FN2O2/c26-21-5-3-4-20(14-21)17-6-8-18(9-7-17)24-22-15-27(25(30)19-10-11-19)12-1-2-13-28(22)23(24)16-29/h3-9,14,19,22-24,29H,1-2,10-13,15-16H2/t22-,23-,24+/m0/s1. The highest BCUT2D eigenvalue weighted by Gasteiger charge is 2.50. The lowest BCUT2D eigenvalue weighted by Gasteiger charge is -2.57. The molecule has 30 heavy (non-hydrogen) atoms. The molecule has 0 radical (unpaired) electrons. The summed E-state index contributed by atoms with van der Waals surface area (Å²) in [5, 5.41) is 10.1. The number of aliphatic hydroxyl groups is 1. The molecule has 4 nitrogen and oxygen atoms in total. The van der Waals surface area contributed by atoms with Gasteiger partial charge in [0.25, 0.3) is 0 Å². The molecular formula is C25H29FN2O2. The van der Waals surface area contributed by atoms with Crippen LogP contribution in [0.15, 0.2) is 48.5 Å². The van der Waals surface area contributed by atoms with Gasteiger partial charge in [-0.1, -0.05) is 36.4 Å². The minimum Gasteiger partial charge on any atom is -0.395 e. The van der Waals surface area contributed by atoms with Crippen molar-refractivity contribution in [3.8, 4) is 11.1 Å². The van der Waals surface area contributed by atoms with Crippen LogP contribution in [0.5, 0.6) is 0 Å². The topological polar surface area (TPSA) is 43.8 Å². The first-order valence-electron chi connectivity index (χ1n) is 11.2. The molecule has 2 heterocycles. The molecule has 0 aromatic heterocycles. The van der Waals surface area contributed by atoms with Gasteiger partial charge in [-0.05, 0) is 61.1 Å². The zero-order valence-corrected chi connectivity index (χ0v) is 17.2. The second-order valence-corrected chi connectivity index (χ2v) is 8.98. The molecule has 2 aromatic rings. The van der Waals surface area contributed by atoms with Gasteiger partial charge in [0.1, 0.15) is 5.82 Å². The molecule has 0 bridgehead atoms. The Morgan fingerprint density at radius 3 is 2.50 bits per heavy atom. The van der Waals surface area contributed by atoms with Crippen molar-refractivity contribution < 1.29 is 14.3 Å². The highest BCUT2D eigenvalue weighted by molar-refractivity contribution is 5.81. The summed E-state index contributed by atoms with van der Waals surface area (Å²) in [6, 6.07) is 15.3. The third-order valence-corrected chi connectivity index (χ3v) is 7.06. The molecular weight excluding hydrogens is 379 g/mol. The van der Waals surface area contributed by atoms with Crippen LogP contribution in [0.1, 0.15) is 37.2 Å². The van der Waals surface area contributed by atoms with Crippen LogP contribution in [0, 0.1) is 11.7 Å². The first kappa shape index (κ1) is 19.7. The number of rotatable bonds is 4. The van der Waals surface area contributed by atoms with Crippen LogP contribution in [-0.4, -0.2) is 59.1 Å². The summed E-state index contributed by atoms with van der Waals surface area (Å²) in [5.41, 5.74) is 3.04. The lowest BCUT2D eigenvalue weighted by molar-refractivity contribution is -0.137. The highest BCUT2D eigenvalue weighted by Crippen LogP contribution is 2.43. The van der Waals surface area contributed by atoms with Gasteiger partial charge in [0.15, 0.2) is 0 Å². The largest absolute Gasteiger partial charge is 0.395 e. The van der Waals surface area contributed by atoms with E-state index in [-0.39, 0.29) is 36.3 Å². The maximum Gasteiger partial charge on any atom is 0.225 e. The number of nitrogens with zero attached hydrogens (tertiary/aromatic N) is 2. The van der Waals surface area contributed by atoms with Crippen LogP contribution in [-0.2, 0) is 4.79 Å². The Kier molecular flexibility index (Phi) is 5.34. The number of fused-ring (bicyclic) bond motifs is 1. The second kappa shape index (κ2) is 8.12. The molecule has 1 aliphatic carbocycles. The molecule has 5 heteroatoms. The first-order valence-corrected chi connectivity index (χ1v) is 11.2. The maximum atomic E-state index is 13.6. The summed E-state index contributed by atoms with van der Waals surface area (Å²) in [6.45, 7) is 2.72. The number of aliphatic hydroxyl groups excluding tert-OH is 1. The third-order valence-electron chi connectivity index (χ3n) is 7.06. The molecule has 1 saturated carbocycles. The fraction of sp³-hybridized carbons (Fsp3) is 0.480. The average Bonchev–Trinajstić information content (AvgIpc) is 3.58. The number of benzene rings is 2. The minimum absolute atomic E-state index is 0.103. The van der Waals surface area contributed by atoms with Crippen molar-refractivity contribution in [3.63, 3.8) is 0 Å². The molecule has 1 N–H and O–H groups in total. The number of hydrogen-bond donors (Lipinski definition) is 1. The zero-order chi connectivity index (χ0) is 20.7. The van der Waals surface area contributed by atoms with Gasteiger partial charge in [-0.15, -0.1) is 0 Å². The molecule has 3 atom stereocenters. The van der Waals surface area contributed by atoms with E-state index in [1.54, 1.807) is 12.1 Å². The van der Waals surface area contributed by atoms with Gasteiger partial charge in [0, 0.05) is 37.0 Å². The lowest BCUT2D eigenvalue weighted by Crippen LogP contribution is -2.68. The normalized spacial score (nSPS) is 27.0. The van der Waals surface area contributed by atoms with Crippen molar-refractivity contribution in [2.24, 2.45) is 5.92 Å². The molecule has 2 saturated heterocycles. The van der Waals surface area contributed by atoms with Crippen molar-refractivity contribution >= 4 is 5.91 Å². The molecule has 3 fully saturated rings. The van der Waals surface area contributed by atoms with Crippen LogP contribution in [0.25, 0.3) is 11.1 Å². The van der Waals surface area contributed by atoms with Crippen LogP contribution < -0.4 is 0 Å². The van der Waals surface area contributed by atoms with Gasteiger partial charge in [-0.2, -0.15) is 0 Å². The van der Waals surface area contributed by atoms with Gasteiger partial charge in [0.2, 0.25) is 5.91 Å². The van der Waals surface area contributed by atoms with Crippen LogP contribution >= 0.6 is 0 Å². The van der Waals surface area contributed by atoms with Gasteiger partial charge in [0.05, 0.1) is 6.61 Å². The van der Waals surface area contributed by atoms with Gasteiger partial charge < -0.3 is 10.0 Å². The van der Waals surface area contributed by atoms with E-state index in [0.29, 0.717) is 5.91 Å². The summed E-state index contributed by atoms with van der Waals surface area (Å²) in [7, 11) is 0. The van der Waals surface area contributed by atoms with E-state index in [1.807, 2.05) is 18.2 Å². The van der Waals surface area contributed by atoms with E-state index in [1.165, 1.54) is 11.6 Å². The summed E-state index contributed by atoms with van der Waals surface area (Å²) < 4.78 is 13.6. The number of amides is 1. The molecule has 2 aromatic carbocycles. The number of carbonyl (C=O) groups is 1. The summed E-state index contributed by atoms with van der Waals surface area (Å²) in [6.07, 6.45) is 4.17. The number of carbonyl (C=O) groups excluding carboxylic acids is 1. The first-order chi connectivity index (χ1) is 14.7. The Balaban J connectivity index is 1.38. The van der Waals surface area contributed by atoms with Gasteiger partial charge in [-0.3, -0.25) is 9.69 Å². The van der Waals surface area contributed by atoms with E-state index in [9.17, 15) is 14.3 Å². The summed E-state index contributed by atoms with van der Waals surface area (Å²) in [5.74, 6) is 0.547. The SMILES string of the molecule is O=C(C1CC1)N1CCCCN2[C@@H](CO)[C@H](c3ccc(-c4cccc(F)c4)cc3)[C@@H]2C1. The lowest BCUT2D eigenvalue weighted by atomic mass is 9.74. The average molecular weight is 409 g/mol. The fourth-order valence-corrected chi connectivity index (χ4v) is 5.29. The monoisotopic (exact) mass is 408 g/mol. The highest BCUT2D eigenvalue weighted by atomic mass is 19.1. The smallest absolute Gasteiger partial charge is 0.225 e. The van der Waals surface area contributed by atoms with E-state index in [0.717, 1.165) is 56.4 Å². The summed E-state index contributed by atoms with van der Waals surface area (Å²) in [4.78, 5) is 17.2. The Hall–Kier alpha value is -2.24. The second-order valence-electron chi connectivity index (χ2n) is 8.98.